The molecule has 0 saturated heterocycles. The third kappa shape index (κ3) is 3.92. The topological polar surface area (TPSA) is 23.0 Å². The number of fused-ring (bicyclic) bond motifs is 11. The second-order valence-corrected chi connectivity index (χ2v) is 11.7. The van der Waals surface area contributed by atoms with E-state index in [2.05, 4.69) is 173 Å². The minimum absolute atomic E-state index is 0.924. The van der Waals surface area contributed by atoms with Crippen LogP contribution in [0.1, 0.15) is 12.5 Å². The van der Waals surface area contributed by atoms with Crippen LogP contribution in [0.25, 0.3) is 83.0 Å². The molecule has 0 aliphatic heterocycles. The van der Waals surface area contributed by atoms with Gasteiger partial charge in [-0.2, -0.15) is 0 Å². The average Bonchev–Trinajstić information content (AvgIpc) is 3.76. The van der Waals surface area contributed by atoms with Crippen molar-refractivity contribution in [3.8, 4) is 5.69 Å². The van der Waals surface area contributed by atoms with Gasteiger partial charge in [-0.1, -0.05) is 103 Å². The Hall–Kier alpha value is -6.06. The van der Waals surface area contributed by atoms with E-state index in [1.807, 2.05) is 6.92 Å². The van der Waals surface area contributed by atoms with E-state index in [1.165, 1.54) is 21.9 Å². The molecule has 0 aliphatic carbocycles. The zero-order valence-electron chi connectivity index (χ0n) is 25.4. The molecule has 3 heteroatoms. The number of nitrogens with zero attached hydrogens (tertiary/aromatic N) is 2. The van der Waals surface area contributed by atoms with Crippen LogP contribution in [0.5, 0.6) is 0 Å². The number of aromatic nitrogens is 2. The first-order chi connectivity index (χ1) is 22.8. The minimum Gasteiger partial charge on any atom is -0.455 e. The third-order valence-electron chi connectivity index (χ3n) is 9.11. The Morgan fingerprint density at radius 1 is 0.543 bits per heavy atom. The molecule has 6 aromatic carbocycles. The van der Waals surface area contributed by atoms with Crippen LogP contribution in [0.15, 0.2) is 162 Å². The lowest BCUT2D eigenvalue weighted by Crippen LogP contribution is -1.92. The Morgan fingerprint density at radius 3 is 1.85 bits per heavy atom. The normalized spacial score (nSPS) is 12.8. The molecule has 0 aliphatic rings. The van der Waals surface area contributed by atoms with Crippen LogP contribution in [0, 0.1) is 0 Å². The van der Waals surface area contributed by atoms with Gasteiger partial charge in [0, 0.05) is 33.4 Å². The summed E-state index contributed by atoms with van der Waals surface area (Å²) in [5.41, 5.74) is 9.89. The smallest absolute Gasteiger partial charge is 0.145 e. The molecule has 3 heterocycles. The van der Waals surface area contributed by atoms with Crippen LogP contribution in [-0.2, 0) is 0 Å². The highest BCUT2D eigenvalue weighted by Gasteiger charge is 2.21. The molecule has 0 bridgehead atoms. The van der Waals surface area contributed by atoms with Gasteiger partial charge >= 0.3 is 0 Å². The second kappa shape index (κ2) is 10.5. The van der Waals surface area contributed by atoms with Crippen LogP contribution >= 0.6 is 0 Å². The molecule has 9 rings (SSSR count). The first-order valence-electron chi connectivity index (χ1n) is 15.7. The van der Waals surface area contributed by atoms with E-state index in [1.54, 1.807) is 0 Å². The van der Waals surface area contributed by atoms with Crippen molar-refractivity contribution in [1.82, 2.24) is 9.13 Å². The Labute approximate surface area is 266 Å². The van der Waals surface area contributed by atoms with Gasteiger partial charge in [-0.05, 0) is 72.7 Å². The molecule has 0 atom stereocenters. The predicted molar refractivity (Wildman–Crippen MR) is 196 cm³/mol. The fourth-order valence-electron chi connectivity index (χ4n) is 7.07. The van der Waals surface area contributed by atoms with Gasteiger partial charge in [-0.25, -0.2) is 0 Å². The lowest BCUT2D eigenvalue weighted by atomic mass is 10.1. The molecule has 218 valence electrons. The number of hydrogen-bond acceptors (Lipinski definition) is 1. The van der Waals surface area contributed by atoms with E-state index in [0.29, 0.717) is 0 Å². The molecule has 0 N–H and O–H groups in total. The second-order valence-electron chi connectivity index (χ2n) is 11.7. The SMILES string of the molecule is C\C=C/C=C(\C=C\n1c2ccccc2c2c3oc4c(ccc5c4c4ccccc4n5-c4ccccc4)c3ccc21)c1ccccc1. The molecule has 0 amide bonds. The number of allylic oxidation sites excluding steroid dienone is 5. The minimum atomic E-state index is 0.924. The Balaban J connectivity index is 1.33. The number of rotatable bonds is 5. The average molecular weight is 591 g/mol. The van der Waals surface area contributed by atoms with Crippen molar-refractivity contribution < 1.29 is 4.42 Å². The molecule has 3 aromatic heterocycles. The lowest BCUT2D eigenvalue weighted by Gasteiger charge is -2.07. The van der Waals surface area contributed by atoms with Crippen molar-refractivity contribution in [2.75, 3.05) is 0 Å². The summed E-state index contributed by atoms with van der Waals surface area (Å²) >= 11 is 0. The summed E-state index contributed by atoms with van der Waals surface area (Å²) in [6.45, 7) is 2.04. The van der Waals surface area contributed by atoms with Crippen LogP contribution in [0.2, 0.25) is 0 Å². The Bertz CT molecular complexity index is 2680. The molecule has 9 aromatic rings. The predicted octanol–water partition coefficient (Wildman–Crippen LogP) is 11.9. The lowest BCUT2D eigenvalue weighted by molar-refractivity contribution is 0.677. The molecule has 0 fully saturated rings. The zero-order chi connectivity index (χ0) is 30.6. The van der Waals surface area contributed by atoms with E-state index in [0.717, 1.165) is 60.5 Å². The molecular weight excluding hydrogens is 560 g/mol. The summed E-state index contributed by atoms with van der Waals surface area (Å²) in [4.78, 5) is 0. The summed E-state index contributed by atoms with van der Waals surface area (Å²) in [6.07, 6.45) is 10.7. The van der Waals surface area contributed by atoms with Crippen LogP contribution in [0.3, 0.4) is 0 Å². The van der Waals surface area contributed by atoms with Crippen molar-refractivity contribution in [3.63, 3.8) is 0 Å². The van der Waals surface area contributed by atoms with E-state index in [4.69, 9.17) is 4.42 Å². The van der Waals surface area contributed by atoms with E-state index >= 15 is 0 Å². The van der Waals surface area contributed by atoms with Crippen molar-refractivity contribution in [2.24, 2.45) is 0 Å². The number of furan rings is 1. The zero-order valence-corrected chi connectivity index (χ0v) is 25.4. The van der Waals surface area contributed by atoms with Crippen molar-refractivity contribution in [2.45, 2.75) is 6.92 Å². The van der Waals surface area contributed by atoms with Gasteiger partial charge in [0.15, 0.2) is 0 Å². The maximum atomic E-state index is 7.03. The van der Waals surface area contributed by atoms with Crippen LogP contribution in [0.4, 0.5) is 0 Å². The summed E-state index contributed by atoms with van der Waals surface area (Å²) in [6, 6.07) is 47.3. The van der Waals surface area contributed by atoms with E-state index in [9.17, 15) is 0 Å². The Kier molecular flexibility index (Phi) is 6.04. The molecule has 0 spiro atoms. The van der Waals surface area contributed by atoms with Gasteiger partial charge in [0.1, 0.15) is 11.2 Å². The maximum absolute atomic E-state index is 7.03. The highest BCUT2D eigenvalue weighted by Crippen LogP contribution is 2.44. The fourth-order valence-corrected chi connectivity index (χ4v) is 7.07. The third-order valence-corrected chi connectivity index (χ3v) is 9.11. The number of hydrogen-bond donors (Lipinski definition) is 0. The first kappa shape index (κ1) is 26.4. The Morgan fingerprint density at radius 2 is 1.13 bits per heavy atom. The molecule has 46 heavy (non-hydrogen) atoms. The largest absolute Gasteiger partial charge is 0.455 e. The van der Waals surface area contributed by atoms with Crippen LogP contribution < -0.4 is 0 Å². The molecule has 3 nitrogen and oxygen atoms in total. The quantitative estimate of drug-likeness (QED) is 0.183. The van der Waals surface area contributed by atoms with Gasteiger partial charge in [0.2, 0.25) is 0 Å². The standard InChI is InChI=1S/C43H30N2O/c1-2-3-14-30(29-15-6-4-7-16-29)27-28-44-36-21-12-10-19-34(36)40-38(44)25-23-32-33-24-26-39-41(43(33)46-42(32)40)35-20-11-13-22-37(35)45(39)31-17-8-5-9-18-31/h2-28H,1H3/b3-2-,28-27+,30-14+. The first-order valence-corrected chi connectivity index (χ1v) is 15.7. The van der Waals surface area contributed by atoms with Crippen molar-refractivity contribution in [1.29, 1.82) is 0 Å². The van der Waals surface area contributed by atoms with Gasteiger partial charge in [0.25, 0.3) is 0 Å². The molecule has 0 saturated carbocycles. The molecule has 0 unspecified atom stereocenters. The number of para-hydroxylation sites is 3. The van der Waals surface area contributed by atoms with E-state index in [-0.39, 0.29) is 0 Å². The van der Waals surface area contributed by atoms with Crippen LogP contribution in [-0.4, -0.2) is 9.13 Å². The van der Waals surface area contributed by atoms with Crippen molar-refractivity contribution >= 4 is 77.3 Å². The summed E-state index contributed by atoms with van der Waals surface area (Å²) in [7, 11) is 0. The van der Waals surface area contributed by atoms with E-state index < -0.39 is 0 Å². The fraction of sp³-hybridized carbons (Fsp3) is 0.0233. The summed E-state index contributed by atoms with van der Waals surface area (Å²) in [5, 5.41) is 6.90. The monoisotopic (exact) mass is 590 g/mol. The van der Waals surface area contributed by atoms with Crippen molar-refractivity contribution in [3.05, 3.63) is 163 Å². The van der Waals surface area contributed by atoms with Gasteiger partial charge in [0.05, 0.1) is 32.8 Å². The molecule has 0 radical (unpaired) electrons. The molecular formula is C43H30N2O. The van der Waals surface area contributed by atoms with Gasteiger partial charge < -0.3 is 13.6 Å². The number of benzene rings is 6. The highest BCUT2D eigenvalue weighted by molar-refractivity contribution is 6.29. The maximum Gasteiger partial charge on any atom is 0.145 e. The van der Waals surface area contributed by atoms with Gasteiger partial charge in [-0.3, -0.25) is 0 Å². The summed E-state index contributed by atoms with van der Waals surface area (Å²) < 4.78 is 11.7. The van der Waals surface area contributed by atoms with Gasteiger partial charge in [-0.15, -0.1) is 0 Å². The highest BCUT2D eigenvalue weighted by atomic mass is 16.3. The summed E-state index contributed by atoms with van der Waals surface area (Å²) in [5.74, 6) is 0.